The first-order valence-corrected chi connectivity index (χ1v) is 14.8. The van der Waals surface area contributed by atoms with Crippen LogP contribution in [0.5, 0.6) is 0 Å². The standard InChI is InChI=1S/C30H56/c1-2-21-28-22-15-9-3-4-13-19-26-30(28)27-20-14-8-7-12-18-25-29(30)23-16-10-5-6-11-17-24-29/h28H,2-27H2,1H3. The van der Waals surface area contributed by atoms with Crippen LogP contribution in [0.25, 0.3) is 0 Å². The van der Waals surface area contributed by atoms with Gasteiger partial charge in [0, 0.05) is 0 Å². The Kier molecular flexibility index (Phi) is 11.1. The highest BCUT2D eigenvalue weighted by molar-refractivity contribution is 5.02. The van der Waals surface area contributed by atoms with E-state index in [0.717, 1.165) is 5.92 Å². The molecule has 0 aromatic rings. The molecular weight excluding hydrogens is 360 g/mol. The maximum atomic E-state index is 2.49. The van der Waals surface area contributed by atoms with E-state index in [4.69, 9.17) is 0 Å². The van der Waals surface area contributed by atoms with Crippen molar-refractivity contribution in [3.63, 3.8) is 0 Å². The molecule has 0 aromatic carbocycles. The van der Waals surface area contributed by atoms with Crippen LogP contribution < -0.4 is 0 Å². The summed E-state index contributed by atoms with van der Waals surface area (Å²) in [6.45, 7) is 2.49. The molecule has 0 heteroatoms. The van der Waals surface area contributed by atoms with Crippen LogP contribution in [0.3, 0.4) is 0 Å². The normalized spacial score (nSPS) is 33.3. The van der Waals surface area contributed by atoms with Crippen LogP contribution in [-0.2, 0) is 0 Å². The number of hydrogen-bond acceptors (Lipinski definition) is 0. The van der Waals surface area contributed by atoms with Crippen molar-refractivity contribution >= 4 is 0 Å². The second-order valence-electron chi connectivity index (χ2n) is 11.8. The first-order chi connectivity index (χ1) is 14.8. The average molecular weight is 417 g/mol. The Bertz CT molecular complexity index is 417. The van der Waals surface area contributed by atoms with Gasteiger partial charge in [-0.3, -0.25) is 0 Å². The Morgan fingerprint density at radius 2 is 0.833 bits per heavy atom. The van der Waals surface area contributed by atoms with Crippen molar-refractivity contribution in [1.29, 1.82) is 0 Å². The Balaban J connectivity index is 2.00. The molecule has 0 aromatic heterocycles. The third-order valence-electron chi connectivity index (χ3n) is 9.99. The van der Waals surface area contributed by atoms with Gasteiger partial charge in [0.1, 0.15) is 0 Å². The third kappa shape index (κ3) is 6.51. The van der Waals surface area contributed by atoms with Crippen LogP contribution in [-0.4, -0.2) is 0 Å². The second-order valence-corrected chi connectivity index (χ2v) is 11.8. The average Bonchev–Trinajstić information content (AvgIpc) is 2.88. The number of fused-ring (bicyclic) bond motifs is 1. The highest BCUT2D eigenvalue weighted by Gasteiger charge is 2.52. The van der Waals surface area contributed by atoms with Gasteiger partial charge in [0.15, 0.2) is 0 Å². The lowest BCUT2D eigenvalue weighted by molar-refractivity contribution is -0.0766. The fourth-order valence-electron chi connectivity index (χ4n) is 8.45. The fourth-order valence-corrected chi connectivity index (χ4v) is 8.45. The van der Waals surface area contributed by atoms with Gasteiger partial charge in [0.05, 0.1) is 0 Å². The van der Waals surface area contributed by atoms with E-state index in [1.54, 1.807) is 70.6 Å². The highest BCUT2D eigenvalue weighted by atomic mass is 14.6. The van der Waals surface area contributed by atoms with E-state index in [1.165, 1.54) is 96.3 Å². The SMILES string of the molecule is CCCC1CCCCCCCCC12CCCCCCCCC21CCCCCCCC1. The summed E-state index contributed by atoms with van der Waals surface area (Å²) in [6.07, 6.45) is 39.9. The zero-order chi connectivity index (χ0) is 21.0. The van der Waals surface area contributed by atoms with Gasteiger partial charge in [-0.25, -0.2) is 0 Å². The van der Waals surface area contributed by atoms with Gasteiger partial charge >= 0.3 is 0 Å². The Morgan fingerprint density at radius 1 is 0.467 bits per heavy atom. The monoisotopic (exact) mass is 416 g/mol. The minimum atomic E-state index is 0.683. The molecule has 0 radical (unpaired) electrons. The van der Waals surface area contributed by atoms with Crippen LogP contribution in [0.2, 0.25) is 0 Å². The molecule has 2 spiro atoms. The van der Waals surface area contributed by atoms with Crippen LogP contribution in [0.4, 0.5) is 0 Å². The van der Waals surface area contributed by atoms with Crippen molar-refractivity contribution < 1.29 is 0 Å². The summed E-state index contributed by atoms with van der Waals surface area (Å²) in [5.41, 5.74) is 1.37. The van der Waals surface area contributed by atoms with Crippen molar-refractivity contribution in [2.45, 2.75) is 174 Å². The topological polar surface area (TPSA) is 0 Å². The number of hydrogen-bond donors (Lipinski definition) is 0. The molecule has 3 rings (SSSR count). The molecular formula is C30H56. The Hall–Kier alpha value is 0. The molecule has 2 atom stereocenters. The summed E-state index contributed by atoms with van der Waals surface area (Å²) in [4.78, 5) is 0. The van der Waals surface area contributed by atoms with E-state index >= 15 is 0 Å². The minimum Gasteiger partial charge on any atom is -0.0654 e. The van der Waals surface area contributed by atoms with Crippen molar-refractivity contribution in [2.75, 3.05) is 0 Å². The van der Waals surface area contributed by atoms with Gasteiger partial charge < -0.3 is 0 Å². The summed E-state index contributed by atoms with van der Waals surface area (Å²) in [7, 11) is 0. The van der Waals surface area contributed by atoms with E-state index in [2.05, 4.69) is 6.92 Å². The largest absolute Gasteiger partial charge is 0.0654 e. The lowest BCUT2D eigenvalue weighted by Gasteiger charge is -2.57. The van der Waals surface area contributed by atoms with E-state index < -0.39 is 0 Å². The molecule has 2 unspecified atom stereocenters. The molecule has 0 bridgehead atoms. The van der Waals surface area contributed by atoms with Crippen molar-refractivity contribution in [3.8, 4) is 0 Å². The maximum Gasteiger partial charge on any atom is -0.0213 e. The summed E-state index contributed by atoms with van der Waals surface area (Å²) in [6, 6.07) is 0. The van der Waals surface area contributed by atoms with E-state index in [0.29, 0.717) is 10.8 Å². The molecule has 3 saturated carbocycles. The summed E-state index contributed by atoms with van der Waals surface area (Å²) >= 11 is 0. The van der Waals surface area contributed by atoms with E-state index in [9.17, 15) is 0 Å². The van der Waals surface area contributed by atoms with E-state index in [-0.39, 0.29) is 0 Å². The van der Waals surface area contributed by atoms with Gasteiger partial charge in [-0.15, -0.1) is 0 Å². The summed E-state index contributed by atoms with van der Waals surface area (Å²) in [5.74, 6) is 1.03. The first kappa shape index (κ1) is 24.6. The molecule has 0 nitrogen and oxygen atoms in total. The zero-order valence-corrected chi connectivity index (χ0v) is 21.0. The minimum absolute atomic E-state index is 0.683. The summed E-state index contributed by atoms with van der Waals surface area (Å²) in [5, 5.41) is 0. The lowest BCUT2D eigenvalue weighted by atomic mass is 9.47. The fraction of sp³-hybridized carbons (Fsp3) is 1.00. The lowest BCUT2D eigenvalue weighted by Crippen LogP contribution is -2.48. The van der Waals surface area contributed by atoms with Crippen LogP contribution in [0.1, 0.15) is 174 Å². The third-order valence-corrected chi connectivity index (χ3v) is 9.99. The van der Waals surface area contributed by atoms with Gasteiger partial charge in [-0.2, -0.15) is 0 Å². The molecule has 0 N–H and O–H groups in total. The predicted molar refractivity (Wildman–Crippen MR) is 134 cm³/mol. The quantitative estimate of drug-likeness (QED) is 0.420. The second kappa shape index (κ2) is 13.5. The van der Waals surface area contributed by atoms with Crippen LogP contribution in [0.15, 0.2) is 0 Å². The molecule has 0 heterocycles. The van der Waals surface area contributed by atoms with Gasteiger partial charge in [-0.05, 0) is 55.3 Å². The van der Waals surface area contributed by atoms with Gasteiger partial charge in [-0.1, -0.05) is 135 Å². The maximum absolute atomic E-state index is 2.49. The highest BCUT2D eigenvalue weighted by Crippen LogP contribution is 2.62. The first-order valence-electron chi connectivity index (χ1n) is 14.8. The molecule has 176 valence electrons. The van der Waals surface area contributed by atoms with Gasteiger partial charge in [0.2, 0.25) is 0 Å². The molecule has 3 aliphatic rings. The Labute approximate surface area is 190 Å². The van der Waals surface area contributed by atoms with Crippen LogP contribution >= 0.6 is 0 Å². The van der Waals surface area contributed by atoms with Gasteiger partial charge in [0.25, 0.3) is 0 Å². The molecule has 0 aliphatic heterocycles. The van der Waals surface area contributed by atoms with Crippen LogP contribution in [0, 0.1) is 16.7 Å². The van der Waals surface area contributed by atoms with Crippen molar-refractivity contribution in [2.24, 2.45) is 16.7 Å². The molecule has 0 saturated heterocycles. The smallest absolute Gasteiger partial charge is 0.0213 e. The number of rotatable bonds is 2. The van der Waals surface area contributed by atoms with E-state index in [1.807, 2.05) is 0 Å². The molecule has 30 heavy (non-hydrogen) atoms. The van der Waals surface area contributed by atoms with Crippen molar-refractivity contribution in [3.05, 3.63) is 0 Å². The Morgan fingerprint density at radius 3 is 1.27 bits per heavy atom. The summed E-state index contributed by atoms with van der Waals surface area (Å²) < 4.78 is 0. The molecule has 3 aliphatic carbocycles. The molecule has 0 amide bonds. The zero-order valence-electron chi connectivity index (χ0n) is 21.0. The molecule has 3 fully saturated rings. The predicted octanol–water partition coefficient (Wildman–Crippen LogP) is 10.8. The van der Waals surface area contributed by atoms with Crippen molar-refractivity contribution in [1.82, 2.24) is 0 Å².